The van der Waals surface area contributed by atoms with Crippen molar-refractivity contribution in [1.29, 1.82) is 0 Å². The highest BCUT2D eigenvalue weighted by atomic mass is 16.2. The summed E-state index contributed by atoms with van der Waals surface area (Å²) in [7, 11) is 0. The molecule has 10 nitrogen and oxygen atoms in total. The van der Waals surface area contributed by atoms with E-state index in [0.29, 0.717) is 36.8 Å². The molecule has 4 rings (SSSR count). The number of nitrogens with zero attached hydrogens (tertiary/aromatic N) is 8. The molecule has 0 aromatic carbocycles. The molecule has 1 aliphatic heterocycles. The maximum absolute atomic E-state index is 12.9. The minimum absolute atomic E-state index is 0.128. The SMILES string of the molecule is Cc1ncnc(C(=O)N2CCn3c(nc(Cn4cncn4)cc3=O)C2)c1C. The molecule has 3 aromatic rings. The smallest absolute Gasteiger partial charge is 0.273 e. The molecule has 0 saturated heterocycles. The van der Waals surface area contributed by atoms with Gasteiger partial charge in [-0.15, -0.1) is 0 Å². The van der Waals surface area contributed by atoms with E-state index in [1.165, 1.54) is 18.7 Å². The zero-order valence-corrected chi connectivity index (χ0v) is 15.0. The van der Waals surface area contributed by atoms with Gasteiger partial charge >= 0.3 is 0 Å². The Bertz CT molecular complexity index is 1060. The van der Waals surface area contributed by atoms with Crippen molar-refractivity contribution in [2.24, 2.45) is 0 Å². The molecule has 0 unspecified atom stereocenters. The Morgan fingerprint density at radius 3 is 2.81 bits per heavy atom. The van der Waals surface area contributed by atoms with Gasteiger partial charge in [0.1, 0.15) is 30.5 Å². The van der Waals surface area contributed by atoms with Crippen molar-refractivity contribution in [2.75, 3.05) is 6.54 Å². The van der Waals surface area contributed by atoms with Crippen LogP contribution in [0.4, 0.5) is 0 Å². The second kappa shape index (κ2) is 6.71. The predicted molar refractivity (Wildman–Crippen MR) is 93.9 cm³/mol. The number of carbonyl (C=O) groups is 1. The molecule has 3 aromatic heterocycles. The number of carbonyl (C=O) groups excluding carboxylic acids is 1. The number of hydrogen-bond donors (Lipinski definition) is 0. The summed E-state index contributed by atoms with van der Waals surface area (Å²) in [5, 5.41) is 4.03. The van der Waals surface area contributed by atoms with Gasteiger partial charge < -0.3 is 4.90 Å². The number of hydrogen-bond acceptors (Lipinski definition) is 7. The Labute approximate surface area is 154 Å². The average molecular weight is 366 g/mol. The van der Waals surface area contributed by atoms with E-state index in [1.807, 2.05) is 13.8 Å². The first-order chi connectivity index (χ1) is 13.0. The fourth-order valence-corrected chi connectivity index (χ4v) is 3.07. The van der Waals surface area contributed by atoms with Crippen LogP contribution >= 0.6 is 0 Å². The quantitative estimate of drug-likeness (QED) is 0.638. The highest BCUT2D eigenvalue weighted by Crippen LogP contribution is 2.15. The second-order valence-corrected chi connectivity index (χ2v) is 6.41. The molecule has 0 fully saturated rings. The Balaban J connectivity index is 1.62. The van der Waals surface area contributed by atoms with Crippen molar-refractivity contribution in [3.05, 3.63) is 63.9 Å². The van der Waals surface area contributed by atoms with Crippen LogP contribution in [-0.2, 0) is 19.6 Å². The predicted octanol–water partition coefficient (Wildman–Crippen LogP) is -0.0541. The number of fused-ring (bicyclic) bond motifs is 1. The van der Waals surface area contributed by atoms with Gasteiger partial charge in [-0.05, 0) is 13.8 Å². The van der Waals surface area contributed by atoms with Crippen molar-refractivity contribution in [3.63, 3.8) is 0 Å². The molecule has 0 atom stereocenters. The molecule has 0 spiro atoms. The summed E-state index contributed by atoms with van der Waals surface area (Å²) in [6.45, 7) is 5.11. The van der Waals surface area contributed by atoms with Crippen molar-refractivity contribution in [1.82, 2.24) is 39.2 Å². The molecule has 0 aliphatic carbocycles. The molecule has 4 heterocycles. The van der Waals surface area contributed by atoms with Gasteiger partial charge in [0.15, 0.2) is 0 Å². The third-order valence-corrected chi connectivity index (χ3v) is 4.68. The zero-order chi connectivity index (χ0) is 19.0. The summed E-state index contributed by atoms with van der Waals surface area (Å²) in [5.41, 5.74) is 2.38. The molecule has 138 valence electrons. The van der Waals surface area contributed by atoms with Gasteiger partial charge in [0, 0.05) is 30.4 Å². The van der Waals surface area contributed by atoms with Gasteiger partial charge in [0.2, 0.25) is 0 Å². The highest BCUT2D eigenvalue weighted by Gasteiger charge is 2.26. The van der Waals surface area contributed by atoms with Crippen LogP contribution < -0.4 is 5.56 Å². The van der Waals surface area contributed by atoms with Crippen LogP contribution in [0.15, 0.2) is 29.8 Å². The molecule has 1 aliphatic rings. The highest BCUT2D eigenvalue weighted by molar-refractivity contribution is 5.93. The summed E-state index contributed by atoms with van der Waals surface area (Å²) in [6.07, 6.45) is 4.39. The van der Waals surface area contributed by atoms with Crippen LogP contribution in [0.25, 0.3) is 0 Å². The van der Waals surface area contributed by atoms with Gasteiger partial charge in [0.05, 0.1) is 18.8 Å². The Kier molecular flexibility index (Phi) is 4.22. The van der Waals surface area contributed by atoms with E-state index >= 15 is 0 Å². The first-order valence-corrected chi connectivity index (χ1v) is 8.52. The molecular formula is C17H18N8O2. The van der Waals surface area contributed by atoms with Gasteiger partial charge in [-0.25, -0.2) is 24.6 Å². The Morgan fingerprint density at radius 1 is 1.19 bits per heavy atom. The lowest BCUT2D eigenvalue weighted by atomic mass is 10.1. The second-order valence-electron chi connectivity index (χ2n) is 6.41. The van der Waals surface area contributed by atoms with Crippen LogP contribution in [-0.4, -0.2) is 51.6 Å². The van der Waals surface area contributed by atoms with Crippen molar-refractivity contribution >= 4 is 5.91 Å². The molecule has 27 heavy (non-hydrogen) atoms. The standard InChI is InChI=1S/C17H18N8O2/c1-11-12(2)19-9-20-16(11)17(27)23-3-4-25-14(7-23)22-13(5-15(25)26)6-24-10-18-8-21-24/h5,8-10H,3-4,6-7H2,1-2H3. The van der Waals surface area contributed by atoms with E-state index in [2.05, 4.69) is 25.0 Å². The van der Waals surface area contributed by atoms with E-state index in [4.69, 9.17) is 0 Å². The normalized spacial score (nSPS) is 13.5. The zero-order valence-electron chi connectivity index (χ0n) is 15.0. The maximum Gasteiger partial charge on any atom is 0.273 e. The first kappa shape index (κ1) is 17.0. The number of rotatable bonds is 3. The fourth-order valence-electron chi connectivity index (χ4n) is 3.07. The largest absolute Gasteiger partial charge is 0.328 e. The molecule has 0 radical (unpaired) electrons. The molecule has 0 saturated carbocycles. The summed E-state index contributed by atoms with van der Waals surface area (Å²) >= 11 is 0. The minimum atomic E-state index is -0.180. The Morgan fingerprint density at radius 2 is 2.04 bits per heavy atom. The Hall–Kier alpha value is -3.43. The number of aryl methyl sites for hydroxylation is 1. The minimum Gasteiger partial charge on any atom is -0.328 e. The third kappa shape index (κ3) is 3.21. The molecule has 0 N–H and O–H groups in total. The number of aromatic nitrogens is 7. The van der Waals surface area contributed by atoms with Crippen molar-refractivity contribution in [3.8, 4) is 0 Å². The maximum atomic E-state index is 12.9. The van der Waals surface area contributed by atoms with E-state index < -0.39 is 0 Å². The van der Waals surface area contributed by atoms with E-state index in [-0.39, 0.29) is 18.0 Å². The van der Waals surface area contributed by atoms with Gasteiger partial charge in [0.25, 0.3) is 11.5 Å². The van der Waals surface area contributed by atoms with E-state index in [0.717, 1.165) is 11.3 Å². The first-order valence-electron chi connectivity index (χ1n) is 8.52. The van der Waals surface area contributed by atoms with Crippen LogP contribution in [0.3, 0.4) is 0 Å². The lowest BCUT2D eigenvalue weighted by Crippen LogP contribution is -2.43. The van der Waals surface area contributed by atoms with E-state index in [9.17, 15) is 9.59 Å². The molecule has 10 heteroatoms. The average Bonchev–Trinajstić information content (AvgIpc) is 3.16. The van der Waals surface area contributed by atoms with Gasteiger partial charge in [-0.1, -0.05) is 0 Å². The molecule has 1 amide bonds. The lowest BCUT2D eigenvalue weighted by Gasteiger charge is -2.29. The van der Waals surface area contributed by atoms with E-state index in [1.54, 1.807) is 20.5 Å². The van der Waals surface area contributed by atoms with Crippen LogP contribution in [0, 0.1) is 13.8 Å². The summed E-state index contributed by atoms with van der Waals surface area (Å²) in [4.78, 5) is 43.7. The fraction of sp³-hybridized carbons (Fsp3) is 0.353. The lowest BCUT2D eigenvalue weighted by molar-refractivity contribution is 0.0696. The molecule has 0 bridgehead atoms. The number of amides is 1. The van der Waals surface area contributed by atoms with Crippen LogP contribution in [0.1, 0.15) is 33.3 Å². The van der Waals surface area contributed by atoms with Crippen LogP contribution in [0.5, 0.6) is 0 Å². The summed E-state index contributed by atoms with van der Waals surface area (Å²) in [5.74, 6) is 0.376. The summed E-state index contributed by atoms with van der Waals surface area (Å²) in [6, 6.07) is 1.50. The van der Waals surface area contributed by atoms with Crippen molar-refractivity contribution < 1.29 is 4.79 Å². The topological polar surface area (TPSA) is 112 Å². The monoisotopic (exact) mass is 366 g/mol. The molecular weight excluding hydrogens is 348 g/mol. The van der Waals surface area contributed by atoms with Gasteiger partial charge in [-0.2, -0.15) is 5.10 Å². The van der Waals surface area contributed by atoms with Crippen molar-refractivity contribution in [2.45, 2.75) is 33.5 Å². The van der Waals surface area contributed by atoms with Gasteiger partial charge in [-0.3, -0.25) is 14.2 Å². The third-order valence-electron chi connectivity index (χ3n) is 4.68. The summed E-state index contributed by atoms with van der Waals surface area (Å²) < 4.78 is 3.20. The van der Waals surface area contributed by atoms with Crippen LogP contribution in [0.2, 0.25) is 0 Å².